The van der Waals surface area contributed by atoms with Crippen LogP contribution >= 0.6 is 23.5 Å². The van der Waals surface area contributed by atoms with Gasteiger partial charge in [-0.25, -0.2) is 9.48 Å². The Kier molecular flexibility index (Phi) is 7.85. The van der Waals surface area contributed by atoms with Crippen LogP contribution in [-0.2, 0) is 21.4 Å². The van der Waals surface area contributed by atoms with E-state index < -0.39 is 46.9 Å². The van der Waals surface area contributed by atoms with E-state index in [4.69, 9.17) is 0 Å². The molecule has 2 aromatic carbocycles. The van der Waals surface area contributed by atoms with Gasteiger partial charge in [-0.2, -0.15) is 0 Å². The molecule has 3 atom stereocenters. The summed E-state index contributed by atoms with van der Waals surface area (Å²) < 4.78 is 1.45. The van der Waals surface area contributed by atoms with Crippen molar-refractivity contribution in [2.45, 2.75) is 22.6 Å². The van der Waals surface area contributed by atoms with Gasteiger partial charge in [-0.3, -0.25) is 19.3 Å². The summed E-state index contributed by atoms with van der Waals surface area (Å²) in [5.74, 6) is -3.49. The second-order valence-electron chi connectivity index (χ2n) is 9.05. The highest BCUT2D eigenvalue weighted by molar-refractivity contribution is 8.01. The fraction of sp³-hybridized carbons (Fsp3) is 0.240. The third-order valence-electron chi connectivity index (χ3n) is 6.40. The SMILES string of the molecule is Cn1nnnc1SCC1=C(C(=O)O)N2C(=O)C(NC(=O)[C@@H](NC(=O)c3cc(O)ccc3O)c3ccccc3)[C@@H]2SC1. The number of thioether (sulfide) groups is 2. The van der Waals surface area contributed by atoms with Crippen molar-refractivity contribution in [2.75, 3.05) is 11.5 Å². The van der Waals surface area contributed by atoms with Crippen LogP contribution in [0.1, 0.15) is 22.0 Å². The minimum Gasteiger partial charge on any atom is -0.508 e. The molecule has 5 N–H and O–H groups in total. The van der Waals surface area contributed by atoms with E-state index in [-0.39, 0.29) is 22.8 Å². The Hall–Kier alpha value is -4.57. The van der Waals surface area contributed by atoms with E-state index in [0.717, 1.165) is 17.0 Å². The van der Waals surface area contributed by atoms with Crippen LogP contribution in [-0.4, -0.2) is 87.0 Å². The first kappa shape index (κ1) is 28.0. The maximum absolute atomic E-state index is 13.5. The number of fused-ring (bicyclic) bond motifs is 1. The number of phenolic OH excluding ortho intramolecular Hbond substituents is 2. The number of aromatic nitrogens is 4. The molecule has 1 saturated heterocycles. The zero-order valence-corrected chi connectivity index (χ0v) is 22.9. The lowest BCUT2D eigenvalue weighted by atomic mass is 10.0. The molecule has 3 heterocycles. The number of tetrazole rings is 1. The number of nitrogens with zero attached hydrogens (tertiary/aromatic N) is 5. The fourth-order valence-corrected chi connectivity index (χ4v) is 6.72. The molecule has 2 aliphatic rings. The largest absolute Gasteiger partial charge is 0.508 e. The van der Waals surface area contributed by atoms with Crippen LogP contribution in [0.3, 0.4) is 0 Å². The minimum atomic E-state index is -1.26. The number of hydrogen-bond acceptors (Lipinski definition) is 11. The van der Waals surface area contributed by atoms with Crippen LogP contribution in [0.4, 0.5) is 0 Å². The van der Waals surface area contributed by atoms with Gasteiger partial charge in [-0.15, -0.1) is 16.9 Å². The Morgan fingerprint density at radius 3 is 2.61 bits per heavy atom. The number of amides is 3. The normalized spacial score (nSPS) is 18.8. The van der Waals surface area contributed by atoms with Gasteiger partial charge in [0.1, 0.15) is 34.7 Å². The topological polar surface area (TPSA) is 200 Å². The van der Waals surface area contributed by atoms with Crippen molar-refractivity contribution in [1.82, 2.24) is 35.7 Å². The van der Waals surface area contributed by atoms with Crippen molar-refractivity contribution in [3.05, 3.63) is 70.9 Å². The van der Waals surface area contributed by atoms with E-state index in [9.17, 15) is 34.5 Å². The van der Waals surface area contributed by atoms with Gasteiger partial charge in [0.05, 0.1) is 5.56 Å². The lowest BCUT2D eigenvalue weighted by molar-refractivity contribution is -0.151. The van der Waals surface area contributed by atoms with Gasteiger partial charge < -0.3 is 26.0 Å². The van der Waals surface area contributed by atoms with Crippen LogP contribution in [0, 0.1) is 0 Å². The number of carbonyl (C=O) groups is 4. The number of aliphatic carboxylic acids is 1. The standard InChI is InChI=1S/C25H23N7O7S2/c1-31-25(28-29-30-31)41-11-13-10-40-23-18(22(37)32(23)19(13)24(38)39)27-21(36)17(12-5-3-2-4-6-12)26-20(35)15-9-14(33)7-8-16(15)34/h2-9,17-18,23,33-34H,10-11H2,1H3,(H,26,35)(H,27,36)(H,38,39)/t17-,18?,23-/m0/s1. The number of benzene rings is 2. The van der Waals surface area contributed by atoms with E-state index in [1.165, 1.54) is 34.3 Å². The molecule has 41 heavy (non-hydrogen) atoms. The molecule has 2 aliphatic heterocycles. The van der Waals surface area contributed by atoms with Crippen LogP contribution < -0.4 is 10.6 Å². The van der Waals surface area contributed by atoms with E-state index in [0.29, 0.717) is 22.0 Å². The van der Waals surface area contributed by atoms with Crippen molar-refractivity contribution in [1.29, 1.82) is 0 Å². The van der Waals surface area contributed by atoms with Gasteiger partial charge >= 0.3 is 5.97 Å². The van der Waals surface area contributed by atoms with Gasteiger partial charge in [-0.1, -0.05) is 42.1 Å². The van der Waals surface area contributed by atoms with Crippen molar-refractivity contribution in [2.24, 2.45) is 7.05 Å². The zero-order chi connectivity index (χ0) is 29.3. The number of carboxylic acids is 1. The first-order valence-electron chi connectivity index (χ1n) is 12.1. The van der Waals surface area contributed by atoms with Gasteiger partial charge in [0.2, 0.25) is 11.1 Å². The smallest absolute Gasteiger partial charge is 0.352 e. The van der Waals surface area contributed by atoms with Crippen molar-refractivity contribution < 1.29 is 34.5 Å². The molecular weight excluding hydrogens is 574 g/mol. The predicted molar refractivity (Wildman–Crippen MR) is 146 cm³/mol. The van der Waals surface area contributed by atoms with Crippen LogP contribution in [0.15, 0.2) is 65.0 Å². The molecule has 5 rings (SSSR count). The first-order chi connectivity index (χ1) is 19.7. The van der Waals surface area contributed by atoms with E-state index >= 15 is 0 Å². The number of hydrogen-bond donors (Lipinski definition) is 5. The zero-order valence-electron chi connectivity index (χ0n) is 21.3. The number of carboxylic acid groups (broad SMARTS) is 1. The Bertz CT molecular complexity index is 1560. The molecule has 0 saturated carbocycles. The maximum atomic E-state index is 13.5. The third-order valence-corrected chi connectivity index (χ3v) is 8.84. The highest BCUT2D eigenvalue weighted by Crippen LogP contribution is 2.41. The average Bonchev–Trinajstić information content (AvgIpc) is 3.38. The maximum Gasteiger partial charge on any atom is 0.352 e. The van der Waals surface area contributed by atoms with E-state index in [1.807, 2.05) is 0 Å². The Morgan fingerprint density at radius 2 is 1.93 bits per heavy atom. The number of β-lactam (4-membered cyclic amide) rings is 1. The number of aryl methyl sites for hydroxylation is 1. The molecule has 3 aromatic rings. The predicted octanol–water partition coefficient (Wildman–Crippen LogP) is 0.623. The summed E-state index contributed by atoms with van der Waals surface area (Å²) in [5, 5.41) is 46.0. The highest BCUT2D eigenvalue weighted by Gasteiger charge is 2.54. The molecule has 0 aliphatic carbocycles. The molecule has 0 radical (unpaired) electrons. The summed E-state index contributed by atoms with van der Waals surface area (Å²) in [5.41, 5.74) is 0.539. The summed E-state index contributed by atoms with van der Waals surface area (Å²) >= 11 is 2.55. The molecule has 14 nitrogen and oxygen atoms in total. The molecular formula is C25H23N7O7S2. The van der Waals surface area contributed by atoms with E-state index in [1.54, 1.807) is 37.4 Å². The molecule has 0 bridgehead atoms. The summed E-state index contributed by atoms with van der Waals surface area (Å²) in [6.07, 6.45) is 0. The first-order valence-corrected chi connectivity index (χ1v) is 14.1. The Balaban J connectivity index is 1.33. The van der Waals surface area contributed by atoms with Gasteiger partial charge in [0, 0.05) is 18.6 Å². The Labute approximate surface area is 240 Å². The van der Waals surface area contributed by atoms with Crippen LogP contribution in [0.2, 0.25) is 0 Å². The average molecular weight is 598 g/mol. The second kappa shape index (κ2) is 11.5. The molecule has 1 unspecified atom stereocenters. The molecule has 3 amide bonds. The second-order valence-corrected chi connectivity index (χ2v) is 11.1. The highest BCUT2D eigenvalue weighted by atomic mass is 32.2. The van der Waals surface area contributed by atoms with E-state index in [2.05, 4.69) is 26.2 Å². The van der Waals surface area contributed by atoms with Gasteiger partial charge in [0.25, 0.3) is 11.8 Å². The number of carbonyl (C=O) groups excluding carboxylic acids is 3. The summed E-state index contributed by atoms with van der Waals surface area (Å²) in [4.78, 5) is 52.9. The Morgan fingerprint density at radius 1 is 1.17 bits per heavy atom. The molecule has 1 aromatic heterocycles. The van der Waals surface area contributed by atoms with Crippen molar-refractivity contribution in [3.63, 3.8) is 0 Å². The van der Waals surface area contributed by atoms with Gasteiger partial charge in [0.15, 0.2) is 0 Å². The quantitative estimate of drug-likeness (QED) is 0.131. The summed E-state index contributed by atoms with van der Waals surface area (Å²) in [7, 11) is 1.66. The molecule has 16 heteroatoms. The fourth-order valence-electron chi connectivity index (χ4n) is 4.39. The lowest BCUT2D eigenvalue weighted by Crippen LogP contribution is -2.71. The number of rotatable bonds is 9. The summed E-state index contributed by atoms with van der Waals surface area (Å²) in [6, 6.07) is 9.41. The number of aromatic hydroxyl groups is 2. The molecule has 212 valence electrons. The third kappa shape index (κ3) is 5.55. The van der Waals surface area contributed by atoms with Crippen molar-refractivity contribution in [3.8, 4) is 11.5 Å². The number of nitrogens with one attached hydrogen (secondary N) is 2. The monoisotopic (exact) mass is 597 g/mol. The summed E-state index contributed by atoms with van der Waals surface area (Å²) in [6.45, 7) is 0. The van der Waals surface area contributed by atoms with Crippen molar-refractivity contribution >= 4 is 47.2 Å². The van der Waals surface area contributed by atoms with Crippen LogP contribution in [0.25, 0.3) is 0 Å². The van der Waals surface area contributed by atoms with Crippen LogP contribution in [0.5, 0.6) is 11.5 Å². The molecule has 1 fully saturated rings. The minimum absolute atomic E-state index is 0.140. The number of phenols is 2. The lowest BCUT2D eigenvalue weighted by Gasteiger charge is -2.49. The van der Waals surface area contributed by atoms with Gasteiger partial charge in [-0.05, 0) is 39.8 Å². The molecule has 0 spiro atoms.